The fraction of sp³-hybridized carbons (Fsp3) is 0. The van der Waals surface area contributed by atoms with Gasteiger partial charge in [-0.25, -0.2) is 0 Å². The smallest absolute Gasteiger partial charge is 0.187 e. The van der Waals surface area contributed by atoms with E-state index < -0.39 is 0 Å². The monoisotopic (exact) mass is 323 g/mol. The van der Waals surface area contributed by atoms with Gasteiger partial charge in [0.1, 0.15) is 0 Å². The number of hydrogen-bond acceptors (Lipinski definition) is 4. The van der Waals surface area contributed by atoms with E-state index in [2.05, 4.69) is 30.0 Å². The van der Waals surface area contributed by atoms with Crippen molar-refractivity contribution < 1.29 is 0 Å². The van der Waals surface area contributed by atoms with E-state index in [-0.39, 0.29) is 0 Å². The summed E-state index contributed by atoms with van der Waals surface area (Å²) in [7, 11) is 0. The van der Waals surface area contributed by atoms with Crippen LogP contribution in [0.1, 0.15) is 0 Å². The van der Waals surface area contributed by atoms with Gasteiger partial charge in [-0.3, -0.25) is 0 Å². The fourth-order valence-electron chi connectivity index (χ4n) is 0.971. The zero-order valence-corrected chi connectivity index (χ0v) is 11.1. The Kier molecular flexibility index (Phi) is 3.45. The van der Waals surface area contributed by atoms with Gasteiger partial charge >= 0.3 is 0 Å². The number of nitrogens with one attached hydrogen (secondary N) is 1. The lowest BCUT2D eigenvalue weighted by molar-refractivity contribution is 1.44. The average molecular weight is 325 g/mol. The third kappa shape index (κ3) is 2.60. The number of aromatic nitrogens is 2. The van der Waals surface area contributed by atoms with Crippen LogP contribution in [0.4, 0.5) is 11.5 Å². The van der Waals surface area contributed by atoms with E-state index in [1.165, 1.54) is 0 Å². The number of nitrogens with zero attached hydrogens (tertiary/aromatic N) is 2. The number of rotatable bonds is 2. The fourth-order valence-corrected chi connectivity index (χ4v) is 2.34. The summed E-state index contributed by atoms with van der Waals surface area (Å²) in [6.45, 7) is 0. The maximum Gasteiger partial charge on any atom is 0.187 e. The van der Waals surface area contributed by atoms with E-state index >= 15 is 0 Å². The van der Waals surface area contributed by atoms with E-state index in [4.69, 9.17) is 23.2 Å². The van der Waals surface area contributed by atoms with Crippen molar-refractivity contribution >= 4 is 62.4 Å². The summed E-state index contributed by atoms with van der Waals surface area (Å²) in [6, 6.07) is 5.50. The molecule has 0 amide bonds. The maximum absolute atomic E-state index is 6.02. The summed E-state index contributed by atoms with van der Waals surface area (Å²) < 4.78 is 8.75. The average Bonchev–Trinajstić information content (AvgIpc) is 2.57. The molecule has 0 atom stereocenters. The largest absolute Gasteiger partial charge is 0.336 e. The molecule has 7 heteroatoms. The van der Waals surface area contributed by atoms with Gasteiger partial charge in [0.15, 0.2) is 11.0 Å². The minimum absolute atomic E-state index is 0.346. The molecule has 2 rings (SSSR count). The zero-order chi connectivity index (χ0) is 10.8. The summed E-state index contributed by atoms with van der Waals surface area (Å²) in [6.07, 6.45) is 0. The van der Waals surface area contributed by atoms with Crippen molar-refractivity contribution in [1.82, 2.24) is 8.75 Å². The lowest BCUT2D eigenvalue weighted by Gasteiger charge is -2.05. The van der Waals surface area contributed by atoms with Crippen LogP contribution in [0.2, 0.25) is 10.2 Å². The molecule has 0 aliphatic rings. The zero-order valence-electron chi connectivity index (χ0n) is 7.17. The molecule has 0 unspecified atom stereocenters. The second kappa shape index (κ2) is 4.65. The highest BCUT2D eigenvalue weighted by Gasteiger charge is 2.07. The Morgan fingerprint density at radius 1 is 1.27 bits per heavy atom. The Balaban J connectivity index is 2.29. The van der Waals surface area contributed by atoms with Crippen molar-refractivity contribution in [3.05, 3.63) is 32.8 Å². The first-order chi connectivity index (χ1) is 7.16. The molecule has 0 saturated carbocycles. The van der Waals surface area contributed by atoms with Crippen molar-refractivity contribution in [2.75, 3.05) is 5.32 Å². The van der Waals surface area contributed by atoms with Gasteiger partial charge < -0.3 is 5.32 Å². The van der Waals surface area contributed by atoms with Crippen LogP contribution in [0.25, 0.3) is 0 Å². The second-order valence-corrected chi connectivity index (χ2v) is 4.86. The van der Waals surface area contributed by atoms with Gasteiger partial charge in [-0.05, 0) is 18.2 Å². The summed E-state index contributed by atoms with van der Waals surface area (Å²) in [5.41, 5.74) is 0.745. The lowest BCUT2D eigenvalue weighted by Crippen LogP contribution is -1.91. The first-order valence-corrected chi connectivity index (χ1v) is 6.15. The van der Waals surface area contributed by atoms with Crippen molar-refractivity contribution in [3.8, 4) is 0 Å². The Morgan fingerprint density at radius 2 is 2.07 bits per heavy atom. The van der Waals surface area contributed by atoms with E-state index in [0.717, 1.165) is 21.9 Å². The standard InChI is InChI=1S/C8H4BrCl2N3S/c9-4-1-2-6(5(10)3-4)12-8-7(11)13-15-14-8/h1-3H,(H,12,14). The molecule has 1 aromatic carbocycles. The van der Waals surface area contributed by atoms with Crippen LogP contribution in [0.5, 0.6) is 0 Å². The van der Waals surface area contributed by atoms with Gasteiger partial charge in [0.2, 0.25) is 0 Å². The Morgan fingerprint density at radius 3 is 2.67 bits per heavy atom. The Hall–Kier alpha value is -0.360. The molecule has 0 aliphatic carbocycles. The van der Waals surface area contributed by atoms with E-state index in [0.29, 0.717) is 16.0 Å². The molecule has 2 aromatic rings. The summed E-state index contributed by atoms with van der Waals surface area (Å²) in [5.74, 6) is 0.519. The highest BCUT2D eigenvalue weighted by molar-refractivity contribution is 9.10. The van der Waals surface area contributed by atoms with Crippen LogP contribution in [0.15, 0.2) is 22.7 Å². The first kappa shape index (κ1) is 11.1. The molecule has 15 heavy (non-hydrogen) atoms. The highest BCUT2D eigenvalue weighted by Crippen LogP contribution is 2.30. The molecule has 1 heterocycles. The summed E-state index contributed by atoms with van der Waals surface area (Å²) in [5, 5.41) is 3.94. The maximum atomic E-state index is 6.02. The molecule has 0 bridgehead atoms. The van der Waals surface area contributed by atoms with Gasteiger partial charge in [-0.15, -0.1) is 0 Å². The van der Waals surface area contributed by atoms with E-state index in [9.17, 15) is 0 Å². The Labute approximate surface area is 109 Å². The van der Waals surface area contributed by atoms with Crippen molar-refractivity contribution in [1.29, 1.82) is 0 Å². The SMILES string of the molecule is Clc1cc(Br)ccc1Nc1nsnc1Cl. The second-order valence-electron chi connectivity index (χ2n) is 2.65. The summed E-state index contributed by atoms with van der Waals surface area (Å²) in [4.78, 5) is 0. The molecule has 78 valence electrons. The Bertz CT molecular complexity index is 488. The molecule has 0 saturated heterocycles. The topological polar surface area (TPSA) is 37.8 Å². The molecule has 3 nitrogen and oxygen atoms in total. The predicted octanol–water partition coefficient (Wildman–Crippen LogP) is 4.35. The third-order valence-corrected chi connectivity index (χ3v) is 3.33. The lowest BCUT2D eigenvalue weighted by atomic mass is 10.3. The first-order valence-electron chi connectivity index (χ1n) is 3.87. The van der Waals surface area contributed by atoms with Crippen molar-refractivity contribution in [2.24, 2.45) is 0 Å². The summed E-state index contributed by atoms with van der Waals surface area (Å²) >= 11 is 16.2. The normalized spacial score (nSPS) is 10.3. The number of hydrogen-bond donors (Lipinski definition) is 1. The van der Waals surface area contributed by atoms with Crippen LogP contribution < -0.4 is 5.32 Å². The minimum atomic E-state index is 0.346. The molecular weight excluding hydrogens is 321 g/mol. The number of halogens is 3. The number of benzene rings is 1. The van der Waals surface area contributed by atoms with Gasteiger partial charge in [0, 0.05) is 4.47 Å². The highest BCUT2D eigenvalue weighted by atomic mass is 79.9. The van der Waals surface area contributed by atoms with E-state index in [1.807, 2.05) is 12.1 Å². The van der Waals surface area contributed by atoms with Gasteiger partial charge in [0.05, 0.1) is 22.4 Å². The van der Waals surface area contributed by atoms with Gasteiger partial charge in [-0.2, -0.15) is 8.75 Å². The number of anilines is 2. The molecule has 1 N–H and O–H groups in total. The van der Waals surface area contributed by atoms with Crippen LogP contribution in [0, 0.1) is 0 Å². The van der Waals surface area contributed by atoms with Crippen LogP contribution >= 0.6 is 50.9 Å². The molecule has 0 spiro atoms. The predicted molar refractivity (Wildman–Crippen MR) is 67.4 cm³/mol. The van der Waals surface area contributed by atoms with Crippen LogP contribution in [0.3, 0.4) is 0 Å². The third-order valence-electron chi connectivity index (χ3n) is 1.63. The molecular formula is C8H4BrCl2N3S. The van der Waals surface area contributed by atoms with Crippen molar-refractivity contribution in [3.63, 3.8) is 0 Å². The van der Waals surface area contributed by atoms with E-state index in [1.54, 1.807) is 6.07 Å². The molecule has 0 aliphatic heterocycles. The van der Waals surface area contributed by atoms with Gasteiger partial charge in [-0.1, -0.05) is 39.1 Å². The van der Waals surface area contributed by atoms with Crippen LogP contribution in [-0.4, -0.2) is 8.75 Å². The van der Waals surface area contributed by atoms with Gasteiger partial charge in [0.25, 0.3) is 0 Å². The molecule has 1 aromatic heterocycles. The van der Waals surface area contributed by atoms with Crippen molar-refractivity contribution in [2.45, 2.75) is 0 Å². The molecule has 0 fully saturated rings. The minimum Gasteiger partial charge on any atom is -0.336 e. The molecule has 0 radical (unpaired) electrons. The quantitative estimate of drug-likeness (QED) is 0.892. The van der Waals surface area contributed by atoms with Crippen LogP contribution in [-0.2, 0) is 0 Å².